The Morgan fingerprint density at radius 1 is 1.54 bits per heavy atom. The van der Waals surface area contributed by atoms with Gasteiger partial charge in [0, 0.05) is 0 Å². The second-order valence-electron chi connectivity index (χ2n) is 2.92. The number of aryl methyl sites for hydroxylation is 2. The molecule has 0 aliphatic rings. The molecule has 0 radical (unpaired) electrons. The summed E-state index contributed by atoms with van der Waals surface area (Å²) in [5, 5.41) is 16.2. The number of hydrogen-bond donors (Lipinski definition) is 1. The van der Waals surface area contributed by atoms with Gasteiger partial charge in [-0.3, -0.25) is 0 Å². The molecule has 0 saturated heterocycles. The molecule has 1 N–H and O–H groups in total. The van der Waals surface area contributed by atoms with Gasteiger partial charge in [0.15, 0.2) is 5.69 Å². The van der Waals surface area contributed by atoms with Gasteiger partial charge in [0.1, 0.15) is 0 Å². The van der Waals surface area contributed by atoms with E-state index in [0.29, 0.717) is 5.56 Å². The van der Waals surface area contributed by atoms with Crippen molar-refractivity contribution < 1.29 is 9.90 Å². The van der Waals surface area contributed by atoms with Crippen LogP contribution in [0.5, 0.6) is 0 Å². The molecule has 1 heterocycles. The topological polar surface area (TPSA) is 63.1 Å². The molecule has 0 saturated carbocycles. The van der Waals surface area contributed by atoms with Gasteiger partial charge >= 0.3 is 5.97 Å². The van der Waals surface area contributed by atoms with Crippen molar-refractivity contribution in [3.05, 3.63) is 23.0 Å². The van der Waals surface area contributed by atoms with Crippen molar-refractivity contribution in [2.75, 3.05) is 0 Å². The molecule has 70 valence electrons. The van der Waals surface area contributed by atoms with Crippen molar-refractivity contribution in [2.24, 2.45) is 0 Å². The van der Waals surface area contributed by atoms with Crippen molar-refractivity contribution in [1.82, 2.24) is 10.2 Å². The molecule has 0 aliphatic heterocycles. The number of carboxylic acid groups (broad SMARTS) is 1. The van der Waals surface area contributed by atoms with Crippen LogP contribution in [0.25, 0.3) is 0 Å². The zero-order valence-corrected chi connectivity index (χ0v) is 7.74. The summed E-state index contributed by atoms with van der Waals surface area (Å²) in [5.74, 6) is -1.02. The summed E-state index contributed by atoms with van der Waals surface area (Å²) in [6.45, 7) is 3.78. The van der Waals surface area contributed by atoms with Gasteiger partial charge in [0.2, 0.25) is 0 Å². The van der Waals surface area contributed by atoms with Crippen LogP contribution in [0.2, 0.25) is 0 Å². The van der Waals surface area contributed by atoms with Gasteiger partial charge in [-0.25, -0.2) is 4.79 Å². The van der Waals surface area contributed by atoms with Crippen LogP contribution in [0.15, 0.2) is 6.07 Å². The first-order valence-corrected chi connectivity index (χ1v) is 4.21. The van der Waals surface area contributed by atoms with E-state index in [1.807, 2.05) is 6.92 Å². The molecule has 0 unspecified atom stereocenters. The van der Waals surface area contributed by atoms with Crippen molar-refractivity contribution in [3.8, 4) is 0 Å². The monoisotopic (exact) mass is 180 g/mol. The minimum atomic E-state index is -1.02. The quantitative estimate of drug-likeness (QED) is 0.764. The Labute approximate surface area is 76.6 Å². The molecule has 0 amide bonds. The normalized spacial score (nSPS) is 10.0. The van der Waals surface area contributed by atoms with Crippen molar-refractivity contribution >= 4 is 5.97 Å². The lowest BCUT2D eigenvalue weighted by Crippen LogP contribution is -2.06. The number of carbonyl (C=O) groups is 1. The van der Waals surface area contributed by atoms with E-state index in [-0.39, 0.29) is 5.69 Å². The molecular weight excluding hydrogens is 168 g/mol. The summed E-state index contributed by atoms with van der Waals surface area (Å²) in [6.07, 6.45) is 1.83. The zero-order valence-electron chi connectivity index (χ0n) is 7.74. The summed E-state index contributed by atoms with van der Waals surface area (Å²) >= 11 is 0. The lowest BCUT2D eigenvalue weighted by Gasteiger charge is -2.01. The van der Waals surface area contributed by atoms with E-state index in [2.05, 4.69) is 10.2 Å². The minimum absolute atomic E-state index is 0.0415. The molecule has 4 nitrogen and oxygen atoms in total. The average molecular weight is 180 g/mol. The first-order valence-electron chi connectivity index (χ1n) is 4.21. The summed E-state index contributed by atoms with van der Waals surface area (Å²) < 4.78 is 0. The van der Waals surface area contributed by atoms with Crippen LogP contribution in [-0.2, 0) is 6.42 Å². The maximum absolute atomic E-state index is 10.6. The van der Waals surface area contributed by atoms with Crippen LogP contribution in [0.3, 0.4) is 0 Å². The highest BCUT2D eigenvalue weighted by Gasteiger charge is 2.09. The molecule has 1 rings (SSSR count). The van der Waals surface area contributed by atoms with Crippen LogP contribution in [0, 0.1) is 6.92 Å². The van der Waals surface area contributed by atoms with Gasteiger partial charge in [-0.2, -0.15) is 5.10 Å². The molecule has 13 heavy (non-hydrogen) atoms. The van der Waals surface area contributed by atoms with Crippen LogP contribution in [-0.4, -0.2) is 21.3 Å². The Morgan fingerprint density at radius 2 is 2.23 bits per heavy atom. The highest BCUT2D eigenvalue weighted by atomic mass is 16.4. The molecule has 0 bridgehead atoms. The summed E-state index contributed by atoms with van der Waals surface area (Å²) in [5.41, 5.74) is 1.57. The molecule has 1 aromatic rings. The Morgan fingerprint density at radius 3 is 2.69 bits per heavy atom. The van der Waals surface area contributed by atoms with Crippen molar-refractivity contribution in [2.45, 2.75) is 26.7 Å². The standard InChI is InChI=1S/C9H12N2O2/c1-3-4-7-5-6(2)8(9(12)13)11-10-7/h5H,3-4H2,1-2H3,(H,12,13). The number of nitrogens with zero attached hydrogens (tertiary/aromatic N) is 2. The highest BCUT2D eigenvalue weighted by molar-refractivity contribution is 5.86. The first kappa shape index (κ1) is 9.64. The second kappa shape index (κ2) is 3.98. The highest BCUT2D eigenvalue weighted by Crippen LogP contribution is 2.06. The molecule has 4 heteroatoms. The molecule has 0 atom stereocenters. The number of rotatable bonds is 3. The Kier molecular flexibility index (Phi) is 2.95. The van der Waals surface area contributed by atoms with Gasteiger partial charge in [0.25, 0.3) is 0 Å². The van der Waals surface area contributed by atoms with Crippen LogP contribution in [0.4, 0.5) is 0 Å². The van der Waals surface area contributed by atoms with E-state index in [9.17, 15) is 4.79 Å². The van der Waals surface area contributed by atoms with Crippen molar-refractivity contribution in [1.29, 1.82) is 0 Å². The number of carboxylic acids is 1. The van der Waals surface area contributed by atoms with Crippen LogP contribution in [0.1, 0.15) is 35.1 Å². The van der Waals surface area contributed by atoms with E-state index >= 15 is 0 Å². The lowest BCUT2D eigenvalue weighted by atomic mass is 10.1. The average Bonchev–Trinajstić information content (AvgIpc) is 2.04. The SMILES string of the molecule is CCCc1cc(C)c(C(=O)O)nn1. The van der Waals surface area contributed by atoms with Gasteiger partial charge < -0.3 is 5.11 Å². The fraction of sp³-hybridized carbons (Fsp3) is 0.444. The van der Waals surface area contributed by atoms with Gasteiger partial charge in [-0.05, 0) is 25.0 Å². The van der Waals surface area contributed by atoms with Crippen molar-refractivity contribution in [3.63, 3.8) is 0 Å². The van der Waals surface area contributed by atoms with Gasteiger partial charge in [-0.1, -0.05) is 13.3 Å². The van der Waals surface area contributed by atoms with E-state index in [1.54, 1.807) is 13.0 Å². The van der Waals surface area contributed by atoms with Crippen LogP contribution >= 0.6 is 0 Å². The minimum Gasteiger partial charge on any atom is -0.476 e. The first-order chi connectivity index (χ1) is 6.15. The van der Waals surface area contributed by atoms with E-state index in [0.717, 1.165) is 18.5 Å². The van der Waals surface area contributed by atoms with E-state index in [1.165, 1.54) is 0 Å². The van der Waals surface area contributed by atoms with Gasteiger partial charge in [-0.15, -0.1) is 5.10 Å². The number of hydrogen-bond acceptors (Lipinski definition) is 3. The van der Waals surface area contributed by atoms with Crippen LogP contribution < -0.4 is 0 Å². The fourth-order valence-corrected chi connectivity index (χ4v) is 1.13. The van der Waals surface area contributed by atoms with E-state index in [4.69, 9.17) is 5.11 Å². The third-order valence-corrected chi connectivity index (χ3v) is 1.74. The third-order valence-electron chi connectivity index (χ3n) is 1.74. The predicted octanol–water partition coefficient (Wildman–Crippen LogP) is 1.44. The number of aromatic carboxylic acids is 1. The second-order valence-corrected chi connectivity index (χ2v) is 2.92. The smallest absolute Gasteiger partial charge is 0.356 e. The molecule has 0 aromatic carbocycles. The van der Waals surface area contributed by atoms with Gasteiger partial charge in [0.05, 0.1) is 5.69 Å². The summed E-state index contributed by atoms with van der Waals surface area (Å²) in [4.78, 5) is 10.6. The Hall–Kier alpha value is -1.45. The molecule has 0 fully saturated rings. The number of aromatic nitrogens is 2. The molecule has 1 aromatic heterocycles. The Balaban J connectivity index is 2.98. The molecular formula is C9H12N2O2. The molecule has 0 spiro atoms. The maximum Gasteiger partial charge on any atom is 0.356 e. The lowest BCUT2D eigenvalue weighted by molar-refractivity contribution is 0.0688. The summed E-state index contributed by atoms with van der Waals surface area (Å²) in [7, 11) is 0. The Bertz CT molecular complexity index is 323. The third kappa shape index (κ3) is 2.24. The molecule has 0 aliphatic carbocycles. The predicted molar refractivity (Wildman–Crippen MR) is 47.7 cm³/mol. The fourth-order valence-electron chi connectivity index (χ4n) is 1.13. The zero-order chi connectivity index (χ0) is 9.84. The maximum atomic E-state index is 10.6. The summed E-state index contributed by atoms with van der Waals surface area (Å²) in [6, 6.07) is 1.78. The largest absolute Gasteiger partial charge is 0.476 e. The van der Waals surface area contributed by atoms with E-state index < -0.39 is 5.97 Å².